The van der Waals surface area contributed by atoms with Crippen molar-refractivity contribution in [2.75, 3.05) is 0 Å². The van der Waals surface area contributed by atoms with Crippen molar-refractivity contribution < 1.29 is 5.11 Å². The van der Waals surface area contributed by atoms with Gasteiger partial charge in [-0.15, -0.1) is 0 Å². The van der Waals surface area contributed by atoms with Crippen LogP contribution in [0.3, 0.4) is 0 Å². The lowest BCUT2D eigenvalue weighted by atomic mass is 9.93. The Balaban J connectivity index is 1.96. The first kappa shape index (κ1) is 16.5. The second-order valence-electron chi connectivity index (χ2n) is 6.80. The third-order valence-electron chi connectivity index (χ3n) is 4.82. The molecule has 0 aliphatic heterocycles. The predicted molar refractivity (Wildman–Crippen MR) is 89.6 cm³/mol. The number of hydrogen-bond donors (Lipinski definition) is 2. The summed E-state index contributed by atoms with van der Waals surface area (Å²) in [5.74, 6) is 0. The number of aliphatic hydroxyl groups is 1. The monoisotopic (exact) mass is 289 g/mol. The van der Waals surface area contributed by atoms with E-state index in [1.807, 2.05) is 0 Å². The van der Waals surface area contributed by atoms with Gasteiger partial charge in [-0.2, -0.15) is 0 Å². The van der Waals surface area contributed by atoms with Crippen molar-refractivity contribution in [3.8, 4) is 0 Å². The molecule has 0 radical (unpaired) electrons. The fourth-order valence-corrected chi connectivity index (χ4v) is 3.51. The predicted octanol–water partition coefficient (Wildman–Crippen LogP) is 4.43. The van der Waals surface area contributed by atoms with Crippen molar-refractivity contribution in [3.63, 3.8) is 0 Å². The molecule has 2 N–H and O–H groups in total. The maximum absolute atomic E-state index is 10.7. The molecular formula is C19H31NO. The van der Waals surface area contributed by atoms with E-state index in [9.17, 15) is 5.11 Å². The van der Waals surface area contributed by atoms with E-state index in [1.165, 1.54) is 56.1 Å². The van der Waals surface area contributed by atoms with E-state index in [-0.39, 0.29) is 6.04 Å². The van der Waals surface area contributed by atoms with Crippen molar-refractivity contribution in [1.82, 2.24) is 5.32 Å². The summed E-state index contributed by atoms with van der Waals surface area (Å²) in [5, 5.41) is 14.3. The van der Waals surface area contributed by atoms with Gasteiger partial charge < -0.3 is 10.4 Å². The molecule has 1 aromatic rings. The number of aryl methyl sites for hydroxylation is 2. The van der Waals surface area contributed by atoms with Gasteiger partial charge in [-0.05, 0) is 44.7 Å². The summed E-state index contributed by atoms with van der Waals surface area (Å²) in [7, 11) is 0. The molecule has 1 fully saturated rings. The van der Waals surface area contributed by atoms with E-state index in [0.717, 1.165) is 5.56 Å². The van der Waals surface area contributed by atoms with E-state index >= 15 is 0 Å². The zero-order valence-electron chi connectivity index (χ0n) is 13.9. The average molecular weight is 289 g/mol. The number of aliphatic hydroxyl groups excluding tert-OH is 1. The molecule has 0 saturated heterocycles. The second-order valence-corrected chi connectivity index (χ2v) is 6.80. The molecule has 21 heavy (non-hydrogen) atoms. The molecule has 118 valence electrons. The van der Waals surface area contributed by atoms with Crippen LogP contribution in [0.4, 0.5) is 0 Å². The summed E-state index contributed by atoms with van der Waals surface area (Å²) >= 11 is 0. The van der Waals surface area contributed by atoms with Crippen molar-refractivity contribution in [1.29, 1.82) is 0 Å². The summed E-state index contributed by atoms with van der Waals surface area (Å²) in [6.45, 7) is 6.30. The van der Waals surface area contributed by atoms with Crippen LogP contribution >= 0.6 is 0 Å². The van der Waals surface area contributed by atoms with Crippen LogP contribution in [0.5, 0.6) is 0 Å². The largest absolute Gasteiger partial charge is 0.387 e. The molecule has 2 heteroatoms. The van der Waals surface area contributed by atoms with Crippen molar-refractivity contribution in [2.24, 2.45) is 0 Å². The van der Waals surface area contributed by atoms with Crippen LogP contribution < -0.4 is 5.32 Å². The van der Waals surface area contributed by atoms with Crippen LogP contribution in [0, 0.1) is 13.8 Å². The highest BCUT2D eigenvalue weighted by Crippen LogP contribution is 2.24. The molecular weight excluding hydrogens is 258 g/mol. The van der Waals surface area contributed by atoms with Crippen LogP contribution in [0.2, 0.25) is 0 Å². The van der Waals surface area contributed by atoms with Gasteiger partial charge in [0.1, 0.15) is 0 Å². The third kappa shape index (κ3) is 4.82. The zero-order valence-corrected chi connectivity index (χ0v) is 13.9. The summed E-state index contributed by atoms with van der Waals surface area (Å²) in [5.41, 5.74) is 3.50. The minimum atomic E-state index is -0.420. The van der Waals surface area contributed by atoms with Gasteiger partial charge in [0.25, 0.3) is 0 Å². The first-order chi connectivity index (χ1) is 10.1. The van der Waals surface area contributed by atoms with Crippen LogP contribution in [-0.2, 0) is 0 Å². The molecule has 0 aromatic heterocycles. The fraction of sp³-hybridized carbons (Fsp3) is 0.684. The molecule has 2 rings (SSSR count). The topological polar surface area (TPSA) is 32.3 Å². The summed E-state index contributed by atoms with van der Waals surface area (Å²) in [6.07, 6.45) is 8.87. The number of rotatable bonds is 4. The fourth-order valence-electron chi connectivity index (χ4n) is 3.51. The van der Waals surface area contributed by atoms with E-state index in [0.29, 0.717) is 6.04 Å². The van der Waals surface area contributed by atoms with Crippen LogP contribution in [0.1, 0.15) is 74.7 Å². The maximum Gasteiger partial charge on any atom is 0.0942 e. The lowest BCUT2D eigenvalue weighted by molar-refractivity contribution is 0.125. The van der Waals surface area contributed by atoms with Gasteiger partial charge in [-0.25, -0.2) is 0 Å². The van der Waals surface area contributed by atoms with E-state index in [2.05, 4.69) is 44.3 Å². The van der Waals surface area contributed by atoms with Crippen molar-refractivity contribution in [3.05, 3.63) is 34.9 Å². The number of nitrogens with one attached hydrogen (secondary N) is 1. The Bertz CT molecular complexity index is 435. The molecule has 1 aromatic carbocycles. The highest BCUT2D eigenvalue weighted by Gasteiger charge is 2.21. The van der Waals surface area contributed by atoms with Gasteiger partial charge in [-0.1, -0.05) is 55.9 Å². The smallest absolute Gasteiger partial charge is 0.0942 e. The van der Waals surface area contributed by atoms with Gasteiger partial charge in [0.2, 0.25) is 0 Å². The minimum Gasteiger partial charge on any atom is -0.387 e. The maximum atomic E-state index is 10.7. The molecule has 2 nitrogen and oxygen atoms in total. The SMILES string of the molecule is Cc1ccc(C(O)C(C)NC2CCCCCCC2)c(C)c1. The highest BCUT2D eigenvalue weighted by molar-refractivity contribution is 5.32. The van der Waals surface area contributed by atoms with Gasteiger partial charge in [0, 0.05) is 12.1 Å². The van der Waals surface area contributed by atoms with E-state index in [1.54, 1.807) is 0 Å². The van der Waals surface area contributed by atoms with Gasteiger partial charge >= 0.3 is 0 Å². The van der Waals surface area contributed by atoms with Gasteiger partial charge in [0.15, 0.2) is 0 Å². The molecule has 0 amide bonds. The van der Waals surface area contributed by atoms with Gasteiger partial charge in [-0.3, -0.25) is 0 Å². The molecule has 1 aliphatic carbocycles. The van der Waals surface area contributed by atoms with E-state index < -0.39 is 6.10 Å². The number of benzene rings is 1. The highest BCUT2D eigenvalue weighted by atomic mass is 16.3. The number of hydrogen-bond acceptors (Lipinski definition) is 2. The zero-order chi connectivity index (χ0) is 15.2. The van der Waals surface area contributed by atoms with Crippen LogP contribution in [-0.4, -0.2) is 17.2 Å². The first-order valence-electron chi connectivity index (χ1n) is 8.59. The van der Waals surface area contributed by atoms with Gasteiger partial charge in [0.05, 0.1) is 6.10 Å². The summed E-state index contributed by atoms with van der Waals surface area (Å²) in [6, 6.07) is 7.00. The third-order valence-corrected chi connectivity index (χ3v) is 4.82. The normalized spacial score (nSPS) is 20.6. The molecule has 0 heterocycles. The van der Waals surface area contributed by atoms with E-state index in [4.69, 9.17) is 0 Å². The molecule has 2 atom stereocenters. The molecule has 2 unspecified atom stereocenters. The second kappa shape index (κ2) is 7.95. The Kier molecular flexibility index (Phi) is 6.25. The molecule has 0 spiro atoms. The Morgan fingerprint density at radius 2 is 1.67 bits per heavy atom. The summed E-state index contributed by atoms with van der Waals surface area (Å²) in [4.78, 5) is 0. The molecule has 1 saturated carbocycles. The van der Waals surface area contributed by atoms with Crippen LogP contribution in [0.15, 0.2) is 18.2 Å². The Morgan fingerprint density at radius 3 is 2.29 bits per heavy atom. The minimum absolute atomic E-state index is 0.107. The van der Waals surface area contributed by atoms with Crippen molar-refractivity contribution >= 4 is 0 Å². The first-order valence-corrected chi connectivity index (χ1v) is 8.59. The van der Waals surface area contributed by atoms with Crippen LogP contribution in [0.25, 0.3) is 0 Å². The lowest BCUT2D eigenvalue weighted by Crippen LogP contribution is -2.40. The standard InChI is InChI=1S/C19H31NO/c1-14-11-12-18(15(2)13-14)19(21)16(3)20-17-9-7-5-4-6-8-10-17/h11-13,16-17,19-21H,4-10H2,1-3H3. The quantitative estimate of drug-likeness (QED) is 0.859. The molecule has 0 bridgehead atoms. The Morgan fingerprint density at radius 1 is 1.05 bits per heavy atom. The van der Waals surface area contributed by atoms with Crippen molar-refractivity contribution in [2.45, 2.75) is 83.9 Å². The molecule has 1 aliphatic rings. The Labute approximate surface area is 130 Å². The summed E-state index contributed by atoms with van der Waals surface area (Å²) < 4.78 is 0. The Hall–Kier alpha value is -0.860. The lowest BCUT2D eigenvalue weighted by Gasteiger charge is -2.29. The average Bonchev–Trinajstić information content (AvgIpc) is 2.41.